The van der Waals surface area contributed by atoms with E-state index < -0.39 is 116 Å². The van der Waals surface area contributed by atoms with Crippen LogP contribution in [0.2, 0.25) is 0 Å². The molecule has 4 atom stereocenters. The molecule has 4 aliphatic rings. The number of hydrogen-bond donors (Lipinski definition) is 1. The molecule has 0 saturated heterocycles. The maximum absolute atomic E-state index is 14.3. The second-order valence-corrected chi connectivity index (χ2v) is 13.0. The molecule has 4 fully saturated rings. The lowest BCUT2D eigenvalue weighted by atomic mass is 9.57. The number of alkyl halides is 12. The molecule has 0 aliphatic heterocycles. The Labute approximate surface area is 267 Å². The molecule has 2 bridgehead atoms. The van der Waals surface area contributed by atoms with Crippen molar-refractivity contribution < 1.29 is 81.6 Å². The number of ether oxygens (including phenoxy) is 3. The van der Waals surface area contributed by atoms with Crippen LogP contribution in [0.1, 0.15) is 64.7 Å². The third kappa shape index (κ3) is 8.10. The Bertz CT molecular complexity index is 1170. The van der Waals surface area contributed by atoms with E-state index in [1.807, 2.05) is 0 Å². The van der Waals surface area contributed by atoms with Crippen LogP contribution >= 0.6 is 0 Å². The maximum atomic E-state index is 14.3. The smallest absolute Gasteiger partial charge is 0.426 e. The summed E-state index contributed by atoms with van der Waals surface area (Å²) < 4.78 is 180. The molecule has 276 valence electrons. The Kier molecular flexibility index (Phi) is 11.7. The van der Waals surface area contributed by atoms with E-state index in [0.29, 0.717) is 6.42 Å². The normalized spacial score (nSPS) is 27.4. The fraction of sp³-hybridized carbons (Fsp3) is 0.800. The first-order valence-corrected chi connectivity index (χ1v) is 15.1. The standard InChI is InChI=1S/C30H36F12O6/c1-15(2)23(43)48-21-7-5-20(6-8-21)26(29(37,38)39,30(40,41)42)47-13-16(3)24(44)46-14-19-11-17-4-9-22(19)18(10-17)12-25(45,27(31,32)33)28(34,35)36/h17-22,45H,1,3-14H2,2H3. The molecule has 0 aromatic heterocycles. The molecule has 18 heteroatoms. The van der Waals surface area contributed by atoms with Gasteiger partial charge in [0.05, 0.1) is 18.8 Å². The average molecular weight is 721 g/mol. The van der Waals surface area contributed by atoms with E-state index in [9.17, 15) is 67.4 Å². The van der Waals surface area contributed by atoms with Gasteiger partial charge < -0.3 is 19.3 Å². The van der Waals surface area contributed by atoms with E-state index in [2.05, 4.69) is 17.9 Å². The van der Waals surface area contributed by atoms with Crippen molar-refractivity contribution in [3.8, 4) is 0 Å². The molecule has 0 amide bonds. The number of aliphatic hydroxyl groups is 1. The second kappa shape index (κ2) is 14.0. The van der Waals surface area contributed by atoms with Gasteiger partial charge in [0.15, 0.2) is 0 Å². The predicted octanol–water partition coefficient (Wildman–Crippen LogP) is 7.94. The molecular weight excluding hydrogens is 684 g/mol. The minimum atomic E-state index is -6.03. The Morgan fingerprint density at radius 1 is 0.729 bits per heavy atom. The van der Waals surface area contributed by atoms with Crippen molar-refractivity contribution in [1.29, 1.82) is 0 Å². The number of halogens is 12. The summed E-state index contributed by atoms with van der Waals surface area (Å²) in [6.45, 7) is 5.65. The lowest BCUT2D eigenvalue weighted by molar-refractivity contribution is -0.398. The predicted molar refractivity (Wildman–Crippen MR) is 142 cm³/mol. The summed E-state index contributed by atoms with van der Waals surface area (Å²) in [6.07, 6.45) is -28.1. The van der Waals surface area contributed by atoms with Gasteiger partial charge in [-0.1, -0.05) is 19.6 Å². The Balaban J connectivity index is 1.68. The molecular formula is C30H36F12O6. The monoisotopic (exact) mass is 720 g/mol. The quantitative estimate of drug-likeness (QED) is 0.133. The lowest BCUT2D eigenvalue weighted by Crippen LogP contribution is -2.64. The molecule has 6 nitrogen and oxygen atoms in total. The lowest BCUT2D eigenvalue weighted by Gasteiger charge is -2.49. The van der Waals surface area contributed by atoms with Gasteiger partial charge in [-0.3, -0.25) is 0 Å². The van der Waals surface area contributed by atoms with E-state index in [1.165, 1.54) is 6.92 Å². The summed E-state index contributed by atoms with van der Waals surface area (Å²) in [6, 6.07) is 0. The van der Waals surface area contributed by atoms with Crippen molar-refractivity contribution in [2.45, 2.75) is 107 Å². The summed E-state index contributed by atoms with van der Waals surface area (Å²) >= 11 is 0. The molecule has 0 spiro atoms. The van der Waals surface area contributed by atoms with Crippen molar-refractivity contribution >= 4 is 11.9 Å². The van der Waals surface area contributed by atoms with E-state index >= 15 is 0 Å². The Morgan fingerprint density at radius 2 is 1.25 bits per heavy atom. The molecule has 0 aromatic carbocycles. The van der Waals surface area contributed by atoms with Crippen molar-refractivity contribution in [2.75, 3.05) is 13.2 Å². The first-order chi connectivity index (χ1) is 21.7. The topological polar surface area (TPSA) is 82.1 Å². The van der Waals surface area contributed by atoms with Crippen LogP contribution in [0.25, 0.3) is 0 Å². The van der Waals surface area contributed by atoms with Crippen LogP contribution in [0.4, 0.5) is 52.7 Å². The number of rotatable bonds is 11. The molecule has 4 rings (SSSR count). The third-order valence-electron chi connectivity index (χ3n) is 9.79. The SMILES string of the molecule is C=C(C)C(=O)OC1CCC(C(OCC(=C)C(=O)OCC2CC3CCC2C(CC(O)(C(F)(F)F)C(F)(F)F)C3)(C(F)(F)F)C(F)(F)F)CC1. The first kappa shape index (κ1) is 39.9. The molecule has 1 N–H and O–H groups in total. The summed E-state index contributed by atoms with van der Waals surface area (Å²) in [5, 5.41) is 9.70. The van der Waals surface area contributed by atoms with Crippen LogP contribution in [0.5, 0.6) is 0 Å². The Hall–Kier alpha value is -2.50. The zero-order chi connectivity index (χ0) is 36.7. The highest BCUT2D eigenvalue weighted by Crippen LogP contribution is 2.56. The average Bonchev–Trinajstić information content (AvgIpc) is 2.94. The summed E-state index contributed by atoms with van der Waals surface area (Å²) in [7, 11) is 0. The van der Waals surface area contributed by atoms with Gasteiger partial charge in [0.25, 0.3) is 11.2 Å². The molecule has 4 unspecified atom stereocenters. The fourth-order valence-corrected chi connectivity index (χ4v) is 7.31. The molecule has 0 aromatic rings. The van der Waals surface area contributed by atoms with Gasteiger partial charge in [-0.15, -0.1) is 0 Å². The minimum Gasteiger partial charge on any atom is -0.462 e. The number of hydrogen-bond acceptors (Lipinski definition) is 6. The maximum Gasteiger partial charge on any atom is 0.426 e. The Morgan fingerprint density at radius 3 is 1.71 bits per heavy atom. The molecule has 0 heterocycles. The van der Waals surface area contributed by atoms with Crippen LogP contribution in [0.3, 0.4) is 0 Å². The van der Waals surface area contributed by atoms with Crippen LogP contribution < -0.4 is 0 Å². The first-order valence-electron chi connectivity index (χ1n) is 15.1. The van der Waals surface area contributed by atoms with Crippen LogP contribution in [-0.2, 0) is 23.8 Å². The summed E-state index contributed by atoms with van der Waals surface area (Å²) in [5.74, 6) is -7.78. The van der Waals surface area contributed by atoms with Gasteiger partial charge in [-0.25, -0.2) is 9.59 Å². The van der Waals surface area contributed by atoms with Crippen LogP contribution in [0.15, 0.2) is 24.3 Å². The van der Waals surface area contributed by atoms with Gasteiger partial charge in [0.1, 0.15) is 6.10 Å². The van der Waals surface area contributed by atoms with Gasteiger partial charge in [0.2, 0.25) is 0 Å². The molecule has 4 saturated carbocycles. The fourth-order valence-electron chi connectivity index (χ4n) is 7.31. The molecule has 0 radical (unpaired) electrons. The highest BCUT2D eigenvalue weighted by Gasteiger charge is 2.75. The number of esters is 2. The number of carbonyl (C=O) groups is 2. The minimum absolute atomic E-state index is 0.0170. The summed E-state index contributed by atoms with van der Waals surface area (Å²) in [4.78, 5) is 24.3. The van der Waals surface area contributed by atoms with Crippen molar-refractivity contribution in [1.82, 2.24) is 0 Å². The highest BCUT2D eigenvalue weighted by molar-refractivity contribution is 5.88. The van der Waals surface area contributed by atoms with E-state index in [0.717, 1.165) is 0 Å². The van der Waals surface area contributed by atoms with Crippen LogP contribution in [-0.4, -0.2) is 72.3 Å². The van der Waals surface area contributed by atoms with Gasteiger partial charge in [-0.2, -0.15) is 52.7 Å². The zero-order valence-corrected chi connectivity index (χ0v) is 25.7. The second-order valence-electron chi connectivity index (χ2n) is 13.0. The summed E-state index contributed by atoms with van der Waals surface area (Å²) in [5.41, 5.74) is -10.7. The largest absolute Gasteiger partial charge is 0.462 e. The zero-order valence-electron chi connectivity index (χ0n) is 25.7. The third-order valence-corrected chi connectivity index (χ3v) is 9.79. The number of carbonyl (C=O) groups excluding carboxylic acids is 2. The van der Waals surface area contributed by atoms with E-state index in [4.69, 9.17) is 9.47 Å². The van der Waals surface area contributed by atoms with Gasteiger partial charge >= 0.3 is 36.6 Å². The molecule has 48 heavy (non-hydrogen) atoms. The van der Waals surface area contributed by atoms with E-state index in [-0.39, 0.29) is 43.6 Å². The number of fused-ring (bicyclic) bond motifs is 3. The van der Waals surface area contributed by atoms with Crippen molar-refractivity contribution in [2.24, 2.45) is 29.6 Å². The van der Waals surface area contributed by atoms with Crippen molar-refractivity contribution in [3.05, 3.63) is 24.3 Å². The highest BCUT2D eigenvalue weighted by atomic mass is 19.4. The van der Waals surface area contributed by atoms with E-state index in [1.54, 1.807) is 0 Å². The van der Waals surface area contributed by atoms with Crippen molar-refractivity contribution in [3.63, 3.8) is 0 Å². The molecule has 4 aliphatic carbocycles. The van der Waals surface area contributed by atoms with Crippen LogP contribution in [0, 0.1) is 29.6 Å². The van der Waals surface area contributed by atoms with Gasteiger partial charge in [0, 0.05) is 11.5 Å². The van der Waals surface area contributed by atoms with Gasteiger partial charge in [-0.05, 0) is 82.0 Å².